The summed E-state index contributed by atoms with van der Waals surface area (Å²) in [5, 5.41) is 1.75. The Bertz CT molecular complexity index is 472. The van der Waals surface area contributed by atoms with Crippen molar-refractivity contribution in [2.24, 2.45) is 0 Å². The molecular weight excluding hydrogens is 242 g/mol. The van der Waals surface area contributed by atoms with Gasteiger partial charge in [0.2, 0.25) is 0 Å². The van der Waals surface area contributed by atoms with Gasteiger partial charge in [0.1, 0.15) is 0 Å². The lowest BCUT2D eigenvalue weighted by atomic mass is 10.2. The Hall–Kier alpha value is -1.53. The average Bonchev–Trinajstić information content (AvgIpc) is 2.38. The van der Waals surface area contributed by atoms with Gasteiger partial charge >= 0.3 is 0 Å². The predicted molar refractivity (Wildman–Crippen MR) is 79.0 cm³/mol. The van der Waals surface area contributed by atoms with Gasteiger partial charge in [0.25, 0.3) is 0 Å². The van der Waals surface area contributed by atoms with Gasteiger partial charge < -0.3 is 4.90 Å². The fraction of sp³-hybridized carbons (Fsp3) is 0.333. The Balaban J connectivity index is 2.70. The SMILES string of the molecule is C#CCCC/C=C/[S@@](=O)c1ccccc1N(C)C. The molecule has 0 bridgehead atoms. The van der Waals surface area contributed by atoms with Gasteiger partial charge in [-0.1, -0.05) is 18.2 Å². The number of para-hydroxylation sites is 1. The number of unbranched alkanes of at least 4 members (excludes halogenated alkanes) is 2. The lowest BCUT2D eigenvalue weighted by Crippen LogP contribution is -2.11. The van der Waals surface area contributed by atoms with Crippen LogP contribution in [0.2, 0.25) is 0 Å². The van der Waals surface area contributed by atoms with Gasteiger partial charge in [-0.3, -0.25) is 0 Å². The molecule has 0 aromatic heterocycles. The van der Waals surface area contributed by atoms with E-state index in [9.17, 15) is 4.21 Å². The zero-order valence-electron chi connectivity index (χ0n) is 10.9. The van der Waals surface area contributed by atoms with Gasteiger partial charge in [-0.25, -0.2) is 4.21 Å². The molecule has 1 aromatic rings. The van der Waals surface area contributed by atoms with Crippen LogP contribution in [-0.2, 0) is 10.8 Å². The minimum atomic E-state index is -1.09. The Labute approximate surface area is 112 Å². The Kier molecular flexibility index (Phi) is 6.24. The highest BCUT2D eigenvalue weighted by atomic mass is 32.2. The monoisotopic (exact) mass is 261 g/mol. The van der Waals surface area contributed by atoms with Crippen LogP contribution in [0.25, 0.3) is 0 Å². The van der Waals surface area contributed by atoms with E-state index >= 15 is 0 Å². The van der Waals surface area contributed by atoms with E-state index < -0.39 is 10.8 Å². The van der Waals surface area contributed by atoms with E-state index in [1.807, 2.05) is 49.3 Å². The predicted octanol–water partition coefficient (Wildman–Crippen LogP) is 3.18. The molecule has 1 aromatic carbocycles. The Morgan fingerprint density at radius 3 is 2.78 bits per heavy atom. The minimum absolute atomic E-state index is 0.769. The molecule has 0 heterocycles. The molecule has 0 aliphatic rings. The number of allylic oxidation sites excluding steroid dienone is 1. The molecule has 0 aliphatic carbocycles. The zero-order chi connectivity index (χ0) is 13.4. The van der Waals surface area contributed by atoms with E-state index in [1.54, 1.807) is 5.41 Å². The summed E-state index contributed by atoms with van der Waals surface area (Å²) in [4.78, 5) is 2.81. The smallest absolute Gasteiger partial charge is 0.0793 e. The molecule has 1 rings (SSSR count). The maximum atomic E-state index is 12.2. The lowest BCUT2D eigenvalue weighted by Gasteiger charge is -2.15. The number of terminal acetylenes is 1. The van der Waals surface area contributed by atoms with Crippen LogP contribution in [0.4, 0.5) is 5.69 Å². The second-order valence-electron chi connectivity index (χ2n) is 4.13. The summed E-state index contributed by atoms with van der Waals surface area (Å²) in [6, 6.07) is 7.73. The third-order valence-corrected chi connectivity index (χ3v) is 3.69. The maximum Gasteiger partial charge on any atom is 0.0793 e. The van der Waals surface area contributed by atoms with E-state index in [1.165, 1.54) is 0 Å². The second-order valence-corrected chi connectivity index (χ2v) is 5.43. The van der Waals surface area contributed by atoms with Crippen LogP contribution >= 0.6 is 0 Å². The number of hydrogen-bond donors (Lipinski definition) is 0. The van der Waals surface area contributed by atoms with Gasteiger partial charge in [0.05, 0.1) is 21.4 Å². The molecule has 2 nitrogen and oxygen atoms in total. The van der Waals surface area contributed by atoms with Crippen LogP contribution < -0.4 is 4.90 Å². The van der Waals surface area contributed by atoms with Crippen LogP contribution in [0.1, 0.15) is 19.3 Å². The normalized spacial score (nSPS) is 12.3. The summed E-state index contributed by atoms with van der Waals surface area (Å²) in [6.07, 6.45) is 9.71. The first kappa shape index (κ1) is 14.5. The molecule has 0 saturated heterocycles. The quantitative estimate of drug-likeness (QED) is 0.579. The van der Waals surface area contributed by atoms with Crippen molar-refractivity contribution < 1.29 is 4.21 Å². The molecule has 1 atom stereocenters. The summed E-state index contributed by atoms with van der Waals surface area (Å²) in [6.45, 7) is 0. The number of benzene rings is 1. The largest absolute Gasteiger partial charge is 0.377 e. The first-order valence-corrected chi connectivity index (χ1v) is 7.15. The second kappa shape index (κ2) is 7.73. The molecule has 0 fully saturated rings. The minimum Gasteiger partial charge on any atom is -0.377 e. The fourth-order valence-corrected chi connectivity index (χ4v) is 2.67. The summed E-state index contributed by atoms with van der Waals surface area (Å²) in [7, 11) is 2.81. The topological polar surface area (TPSA) is 20.3 Å². The summed E-state index contributed by atoms with van der Waals surface area (Å²) >= 11 is 0. The molecule has 0 N–H and O–H groups in total. The third kappa shape index (κ3) is 4.38. The molecule has 0 aliphatic heterocycles. The highest BCUT2D eigenvalue weighted by Crippen LogP contribution is 2.22. The van der Waals surface area contributed by atoms with E-state index in [0.29, 0.717) is 0 Å². The molecular formula is C15H19NOS. The van der Waals surface area contributed by atoms with Crippen molar-refractivity contribution in [3.8, 4) is 12.3 Å². The third-order valence-electron chi connectivity index (χ3n) is 2.48. The number of anilines is 1. The Morgan fingerprint density at radius 2 is 2.11 bits per heavy atom. The first-order valence-electron chi connectivity index (χ1n) is 5.94. The van der Waals surface area contributed by atoms with Crippen LogP contribution in [0.15, 0.2) is 40.6 Å². The zero-order valence-corrected chi connectivity index (χ0v) is 11.7. The van der Waals surface area contributed by atoms with Gasteiger partial charge in [0, 0.05) is 25.9 Å². The van der Waals surface area contributed by atoms with Gasteiger partial charge in [0.15, 0.2) is 0 Å². The van der Waals surface area contributed by atoms with Crippen molar-refractivity contribution in [3.05, 3.63) is 35.7 Å². The van der Waals surface area contributed by atoms with E-state index in [4.69, 9.17) is 6.42 Å². The van der Waals surface area contributed by atoms with E-state index in [-0.39, 0.29) is 0 Å². The summed E-state index contributed by atoms with van der Waals surface area (Å²) in [5.74, 6) is 2.60. The fourth-order valence-electron chi connectivity index (χ4n) is 1.55. The van der Waals surface area contributed by atoms with Gasteiger partial charge in [-0.15, -0.1) is 12.3 Å². The van der Waals surface area contributed by atoms with Gasteiger partial charge in [-0.05, 0) is 25.0 Å². The average molecular weight is 261 g/mol. The molecule has 96 valence electrons. The lowest BCUT2D eigenvalue weighted by molar-refractivity contribution is 0.688. The van der Waals surface area contributed by atoms with Crippen molar-refractivity contribution >= 4 is 16.5 Å². The van der Waals surface area contributed by atoms with Crippen molar-refractivity contribution in [3.63, 3.8) is 0 Å². The van der Waals surface area contributed by atoms with Crippen LogP contribution in [0.3, 0.4) is 0 Å². The highest BCUT2D eigenvalue weighted by Gasteiger charge is 2.07. The molecule has 3 heteroatoms. The maximum absolute atomic E-state index is 12.2. The number of nitrogens with zero attached hydrogens (tertiary/aromatic N) is 1. The van der Waals surface area contributed by atoms with E-state index in [0.717, 1.165) is 29.8 Å². The standard InChI is InChI=1S/C15H19NOS/c1-4-5-6-7-10-13-18(17)15-12-9-8-11-14(15)16(2)3/h1,8-13H,5-7H2,2-3H3/b13-10+/t18-/m1/s1. The van der Waals surface area contributed by atoms with E-state index in [2.05, 4.69) is 5.92 Å². The number of rotatable bonds is 6. The van der Waals surface area contributed by atoms with Crippen LogP contribution in [0.5, 0.6) is 0 Å². The van der Waals surface area contributed by atoms with Crippen LogP contribution in [-0.4, -0.2) is 18.3 Å². The summed E-state index contributed by atoms with van der Waals surface area (Å²) in [5.41, 5.74) is 0.990. The first-order chi connectivity index (χ1) is 8.66. The molecule has 0 unspecified atom stereocenters. The van der Waals surface area contributed by atoms with Crippen LogP contribution in [0, 0.1) is 12.3 Å². The van der Waals surface area contributed by atoms with Crippen molar-refractivity contribution in [1.29, 1.82) is 0 Å². The molecule has 0 saturated carbocycles. The molecule has 0 spiro atoms. The highest BCUT2D eigenvalue weighted by molar-refractivity contribution is 7.88. The van der Waals surface area contributed by atoms with Gasteiger partial charge in [-0.2, -0.15) is 0 Å². The summed E-state index contributed by atoms with van der Waals surface area (Å²) < 4.78 is 12.2. The molecule has 0 amide bonds. The number of hydrogen-bond acceptors (Lipinski definition) is 2. The van der Waals surface area contributed by atoms with Crippen molar-refractivity contribution in [1.82, 2.24) is 0 Å². The molecule has 18 heavy (non-hydrogen) atoms. The molecule has 0 radical (unpaired) electrons. The Morgan fingerprint density at radius 1 is 1.39 bits per heavy atom. The van der Waals surface area contributed by atoms with Crippen molar-refractivity contribution in [2.75, 3.05) is 19.0 Å². The van der Waals surface area contributed by atoms with Crippen molar-refractivity contribution in [2.45, 2.75) is 24.2 Å².